The molecule has 11 unspecified atom stereocenters. The van der Waals surface area contributed by atoms with Crippen molar-refractivity contribution in [3.05, 3.63) is 0 Å². The van der Waals surface area contributed by atoms with E-state index < -0.39 is 186 Å². The molecule has 0 radical (unpaired) electrons. The second-order valence-electron chi connectivity index (χ2n) is 15.0. The Labute approximate surface area is 321 Å². The van der Waals surface area contributed by atoms with Crippen molar-refractivity contribution in [2.45, 2.75) is 162 Å². The zero-order chi connectivity index (χ0) is 41.3. The maximum Gasteiger partial charge on any atom is 0.187 e. The van der Waals surface area contributed by atoms with Crippen LogP contribution in [0.4, 0.5) is 0 Å². The van der Waals surface area contributed by atoms with Crippen LogP contribution in [0.25, 0.3) is 0 Å². The Balaban J connectivity index is 1.36. The first-order valence-electron chi connectivity index (χ1n) is 18.6. The first kappa shape index (κ1) is 46.2. The fourth-order valence-electron chi connectivity index (χ4n) is 7.47. The Hall–Kier alpha value is -0.920. The van der Waals surface area contributed by atoms with Gasteiger partial charge in [-0.25, -0.2) is 0 Å². The lowest BCUT2D eigenvalue weighted by molar-refractivity contribution is -0.385. The molecule has 0 amide bonds. The van der Waals surface area contributed by atoms with E-state index in [1.54, 1.807) is 13.8 Å². The second-order valence-corrected chi connectivity index (χ2v) is 15.0. The molecular weight excluding hydrogens is 764 g/mol. The van der Waals surface area contributed by atoms with Gasteiger partial charge in [-0.2, -0.15) is 0 Å². The molecule has 0 aromatic rings. The monoisotopic (exact) mass is 822 g/mol. The third-order valence-corrected chi connectivity index (χ3v) is 11.3. The number of aliphatic hydroxyl groups is 14. The summed E-state index contributed by atoms with van der Waals surface area (Å²) in [5.41, 5.74) is 0. The molecule has 14 N–H and O–H groups in total. The highest BCUT2D eigenvalue weighted by molar-refractivity contribution is 4.98. The molecule has 0 bridgehead atoms. The van der Waals surface area contributed by atoms with Crippen molar-refractivity contribution < 1.29 is 114 Å². The van der Waals surface area contributed by atoms with E-state index in [2.05, 4.69) is 0 Å². The molecule has 5 heterocycles. The third-order valence-electron chi connectivity index (χ3n) is 11.3. The maximum atomic E-state index is 11.5. The molecule has 0 saturated carbocycles. The Morgan fingerprint density at radius 1 is 0.357 bits per heavy atom. The van der Waals surface area contributed by atoms with Crippen molar-refractivity contribution in [2.75, 3.05) is 33.0 Å². The summed E-state index contributed by atoms with van der Waals surface area (Å²) in [6.07, 6.45) is -36.1. The van der Waals surface area contributed by atoms with E-state index in [9.17, 15) is 71.5 Å². The molecule has 23 heteroatoms. The van der Waals surface area contributed by atoms with E-state index in [1.165, 1.54) is 6.92 Å². The van der Waals surface area contributed by atoms with Crippen molar-refractivity contribution in [1.82, 2.24) is 0 Å². The zero-order valence-electron chi connectivity index (χ0n) is 30.9. The van der Waals surface area contributed by atoms with Crippen molar-refractivity contribution in [3.8, 4) is 0 Å². The van der Waals surface area contributed by atoms with Crippen molar-refractivity contribution in [1.29, 1.82) is 0 Å². The van der Waals surface area contributed by atoms with Gasteiger partial charge >= 0.3 is 0 Å². The van der Waals surface area contributed by atoms with Crippen LogP contribution in [-0.2, 0) is 42.6 Å². The molecule has 0 aliphatic carbocycles. The van der Waals surface area contributed by atoms with E-state index in [4.69, 9.17) is 42.6 Å². The van der Waals surface area contributed by atoms with Gasteiger partial charge in [0.2, 0.25) is 0 Å². The summed E-state index contributed by atoms with van der Waals surface area (Å²) in [6, 6.07) is 0. The predicted molar refractivity (Wildman–Crippen MR) is 176 cm³/mol. The van der Waals surface area contributed by atoms with Gasteiger partial charge in [0, 0.05) is 11.8 Å². The van der Waals surface area contributed by atoms with E-state index in [0.717, 1.165) is 0 Å². The van der Waals surface area contributed by atoms with Crippen molar-refractivity contribution in [3.63, 3.8) is 0 Å². The van der Waals surface area contributed by atoms with Crippen molar-refractivity contribution >= 4 is 0 Å². The van der Waals surface area contributed by atoms with Crippen LogP contribution in [0.3, 0.4) is 0 Å². The number of hydrogen-bond acceptors (Lipinski definition) is 23. The lowest BCUT2D eigenvalue weighted by Gasteiger charge is -2.50. The SMILES string of the molecule is CC1C(O)[C@H](O[C@@H]2OC(CO)[C@@H](O[C@@H]3OC(CO[C@H]4OC(CO)[C@@H](O)C(O)[C@H]4O)[C@@H](O)C(O[C@H]4O[C@H](CO)[C@@H](O)C(O)C4O)[C@H]3O)C(O)[C@@H]2C)C(CO)O[C@H]1C. The minimum atomic E-state index is -2.03. The van der Waals surface area contributed by atoms with Crippen LogP contribution in [0.15, 0.2) is 0 Å². The third kappa shape index (κ3) is 9.35. The molecule has 328 valence electrons. The van der Waals surface area contributed by atoms with E-state index in [1.807, 2.05) is 0 Å². The minimum Gasteiger partial charge on any atom is -0.394 e. The largest absolute Gasteiger partial charge is 0.394 e. The first-order chi connectivity index (χ1) is 26.5. The second kappa shape index (κ2) is 19.6. The highest BCUT2D eigenvalue weighted by Crippen LogP contribution is 2.37. The first-order valence-corrected chi connectivity index (χ1v) is 18.6. The molecule has 0 spiro atoms. The maximum absolute atomic E-state index is 11.5. The standard InChI is InChI=1S/C33H58O23/c1-9-11(3)49-14(6-36)27(17(9)38)54-30-10(2)18(39)28(15(7-37)52-30)55-33-26(47)29(56-32-25(46)23(44)20(41)13(5-35)51-32)21(42)16(53-33)8-48-31-24(45)22(43)19(40)12(4-34)50-31/h9-47H,4-8H2,1-3H3/t9?,10-,11-,12?,13+,14?,15?,16?,17?,18?,19+,20+,21+,22?,23?,24+,25?,26+,27+,28+,29?,30-,31-,32+,33-/m0/s1. The number of ether oxygens (including phenoxy) is 9. The van der Waals surface area contributed by atoms with Gasteiger partial charge < -0.3 is 114 Å². The molecule has 23 nitrogen and oxygen atoms in total. The minimum absolute atomic E-state index is 0.410. The average Bonchev–Trinajstić information content (AvgIpc) is 3.19. The summed E-state index contributed by atoms with van der Waals surface area (Å²) < 4.78 is 51.7. The predicted octanol–water partition coefficient (Wildman–Crippen LogP) is -8.30. The molecule has 5 aliphatic rings. The van der Waals surface area contributed by atoms with E-state index in [0.29, 0.717) is 0 Å². The summed E-state index contributed by atoms with van der Waals surface area (Å²) in [4.78, 5) is 0. The lowest BCUT2D eigenvalue weighted by atomic mass is 9.88. The summed E-state index contributed by atoms with van der Waals surface area (Å²) in [5.74, 6) is -1.38. The highest BCUT2D eigenvalue weighted by atomic mass is 16.8. The lowest BCUT2D eigenvalue weighted by Crippen LogP contribution is -2.67. The normalized spacial score (nSPS) is 53.2. The van der Waals surface area contributed by atoms with Gasteiger partial charge in [-0.15, -0.1) is 0 Å². The molecular formula is C33H58O23. The summed E-state index contributed by atoms with van der Waals surface area (Å²) in [7, 11) is 0. The number of hydrogen-bond donors (Lipinski definition) is 14. The highest BCUT2D eigenvalue weighted by Gasteiger charge is 2.55. The van der Waals surface area contributed by atoms with Gasteiger partial charge in [0.15, 0.2) is 25.2 Å². The van der Waals surface area contributed by atoms with Gasteiger partial charge in [-0.3, -0.25) is 0 Å². The van der Waals surface area contributed by atoms with Crippen LogP contribution in [0.5, 0.6) is 0 Å². The zero-order valence-corrected chi connectivity index (χ0v) is 30.9. The summed E-state index contributed by atoms with van der Waals surface area (Å²) in [6.45, 7) is 1.31. The summed E-state index contributed by atoms with van der Waals surface area (Å²) in [5, 5.41) is 147. The Morgan fingerprint density at radius 2 is 0.768 bits per heavy atom. The van der Waals surface area contributed by atoms with Crippen LogP contribution in [-0.4, -0.2) is 246 Å². The fraction of sp³-hybridized carbons (Fsp3) is 1.00. The van der Waals surface area contributed by atoms with Gasteiger partial charge in [0.25, 0.3) is 0 Å². The Morgan fingerprint density at radius 3 is 1.32 bits per heavy atom. The molecule has 25 atom stereocenters. The summed E-state index contributed by atoms with van der Waals surface area (Å²) >= 11 is 0. The molecule has 5 fully saturated rings. The van der Waals surface area contributed by atoms with E-state index in [-0.39, 0.29) is 0 Å². The van der Waals surface area contributed by atoms with Crippen LogP contribution >= 0.6 is 0 Å². The Kier molecular flexibility index (Phi) is 16.2. The Bertz CT molecular complexity index is 1200. The fourth-order valence-corrected chi connectivity index (χ4v) is 7.47. The van der Waals surface area contributed by atoms with Gasteiger partial charge in [0.05, 0.1) is 51.3 Å². The molecule has 5 saturated heterocycles. The number of aliphatic hydroxyl groups excluding tert-OH is 14. The molecule has 5 rings (SSSR count). The van der Waals surface area contributed by atoms with E-state index >= 15 is 0 Å². The van der Waals surface area contributed by atoms with Gasteiger partial charge in [0.1, 0.15) is 97.7 Å². The molecule has 5 aliphatic heterocycles. The van der Waals surface area contributed by atoms with Crippen LogP contribution in [0, 0.1) is 11.8 Å². The average molecular weight is 823 g/mol. The smallest absolute Gasteiger partial charge is 0.187 e. The molecule has 56 heavy (non-hydrogen) atoms. The van der Waals surface area contributed by atoms with Gasteiger partial charge in [-0.1, -0.05) is 13.8 Å². The van der Waals surface area contributed by atoms with Crippen molar-refractivity contribution in [2.24, 2.45) is 11.8 Å². The molecule has 0 aromatic heterocycles. The number of rotatable bonds is 13. The molecule has 0 aromatic carbocycles. The topological polar surface area (TPSA) is 366 Å². The quantitative estimate of drug-likeness (QED) is 0.0820. The van der Waals surface area contributed by atoms with Crippen LogP contribution < -0.4 is 0 Å². The van der Waals surface area contributed by atoms with Gasteiger partial charge in [-0.05, 0) is 6.92 Å². The van der Waals surface area contributed by atoms with Crippen LogP contribution in [0.1, 0.15) is 20.8 Å². The van der Waals surface area contributed by atoms with Crippen LogP contribution in [0.2, 0.25) is 0 Å².